The third kappa shape index (κ3) is 14.3. The molecule has 2 saturated heterocycles. The maximum atomic E-state index is 11.6. The predicted molar refractivity (Wildman–Crippen MR) is 177 cm³/mol. The Morgan fingerprint density at radius 2 is 1.11 bits per heavy atom. The van der Waals surface area contributed by atoms with Gasteiger partial charge >= 0.3 is 5.97 Å². The van der Waals surface area contributed by atoms with E-state index in [1.165, 1.54) is 44.9 Å². The molecule has 3 heterocycles. The van der Waals surface area contributed by atoms with E-state index in [9.17, 15) is 25.2 Å². The first kappa shape index (κ1) is 38.4. The van der Waals surface area contributed by atoms with Crippen LogP contribution in [0.15, 0.2) is 11.6 Å². The SMILES string of the molecule is CCCCC[C@H](O)[C@H](O)CCC[C@H](O)[C@H]1CC[C@H]([C@H]2CC[C@H]([C@H](O)CCCCCCCCCCCCC3=C[C@H](C)OC3=O)O2)O1. The molecule has 8 heteroatoms. The van der Waals surface area contributed by atoms with Gasteiger partial charge in [0, 0.05) is 5.57 Å². The van der Waals surface area contributed by atoms with Crippen LogP contribution < -0.4 is 0 Å². The van der Waals surface area contributed by atoms with Gasteiger partial charge in [0.25, 0.3) is 0 Å². The van der Waals surface area contributed by atoms with Crippen molar-refractivity contribution in [3.63, 3.8) is 0 Å². The average molecular weight is 639 g/mol. The van der Waals surface area contributed by atoms with Crippen LogP contribution >= 0.6 is 0 Å². The second kappa shape index (κ2) is 21.8. The highest BCUT2D eigenvalue weighted by molar-refractivity contribution is 5.90. The molecule has 0 aromatic heterocycles. The van der Waals surface area contributed by atoms with Crippen molar-refractivity contribution >= 4 is 5.97 Å². The zero-order valence-electron chi connectivity index (χ0n) is 28.5. The molecule has 3 rings (SSSR count). The van der Waals surface area contributed by atoms with Gasteiger partial charge in [0.1, 0.15) is 6.10 Å². The number of ether oxygens (including phenoxy) is 3. The number of hydrogen-bond donors (Lipinski definition) is 4. The first-order chi connectivity index (χ1) is 21.8. The summed E-state index contributed by atoms with van der Waals surface area (Å²) in [6.45, 7) is 4.03. The van der Waals surface area contributed by atoms with Crippen LogP contribution in [0.4, 0.5) is 0 Å². The van der Waals surface area contributed by atoms with Gasteiger partial charge in [-0.05, 0) is 83.6 Å². The van der Waals surface area contributed by atoms with Crippen LogP contribution in [-0.4, -0.2) is 81.3 Å². The first-order valence-electron chi connectivity index (χ1n) is 18.7. The highest BCUT2D eigenvalue weighted by Gasteiger charge is 2.40. The van der Waals surface area contributed by atoms with E-state index in [0.29, 0.717) is 25.7 Å². The molecule has 45 heavy (non-hydrogen) atoms. The van der Waals surface area contributed by atoms with Gasteiger partial charge in [-0.25, -0.2) is 4.79 Å². The van der Waals surface area contributed by atoms with Crippen LogP contribution in [0.5, 0.6) is 0 Å². The smallest absolute Gasteiger partial charge is 0.334 e. The minimum absolute atomic E-state index is 0.0121. The molecule has 0 unspecified atom stereocenters. The van der Waals surface area contributed by atoms with Crippen LogP contribution in [0.25, 0.3) is 0 Å². The molecule has 0 amide bonds. The van der Waals surface area contributed by atoms with Crippen molar-refractivity contribution in [1.82, 2.24) is 0 Å². The molecule has 8 nitrogen and oxygen atoms in total. The van der Waals surface area contributed by atoms with Crippen molar-refractivity contribution in [1.29, 1.82) is 0 Å². The van der Waals surface area contributed by atoms with Crippen LogP contribution in [0, 0.1) is 0 Å². The summed E-state index contributed by atoms with van der Waals surface area (Å²) in [5.41, 5.74) is 0.857. The summed E-state index contributed by atoms with van der Waals surface area (Å²) in [6.07, 6.45) is 21.5. The van der Waals surface area contributed by atoms with Gasteiger partial charge in [-0.1, -0.05) is 84.0 Å². The van der Waals surface area contributed by atoms with E-state index in [1.54, 1.807) is 0 Å². The standard InChI is InChI=1S/C37H66O8/c1-3-4-13-18-29(38)30(39)20-16-21-32(41)34-23-25-36(45-34)35-24-22-33(44-35)31(40)19-15-12-10-8-6-5-7-9-11-14-17-28-26-27(2)43-37(28)42/h26-27,29-36,38-41H,3-25H2,1-2H3/t27-,29-,30+,31+,32-,33+,34+,35+,36+/m0/s1. The quantitative estimate of drug-likeness (QED) is 0.0634. The molecule has 0 aromatic rings. The molecule has 2 fully saturated rings. The van der Waals surface area contributed by atoms with E-state index < -0.39 is 24.4 Å². The number of unbranched alkanes of at least 4 members (excludes halogenated alkanes) is 11. The molecule has 0 bridgehead atoms. The van der Waals surface area contributed by atoms with Crippen LogP contribution in [0.3, 0.4) is 0 Å². The summed E-state index contributed by atoms with van der Waals surface area (Å²) in [6, 6.07) is 0. The Kier molecular flexibility index (Phi) is 18.6. The second-order valence-corrected chi connectivity index (χ2v) is 14.2. The number of aliphatic hydroxyl groups excluding tert-OH is 4. The van der Waals surface area contributed by atoms with Crippen molar-refractivity contribution in [2.24, 2.45) is 0 Å². The second-order valence-electron chi connectivity index (χ2n) is 14.2. The Balaban J connectivity index is 1.14. The monoisotopic (exact) mass is 638 g/mol. The lowest BCUT2D eigenvalue weighted by molar-refractivity contribution is -0.139. The zero-order valence-corrected chi connectivity index (χ0v) is 28.5. The van der Waals surface area contributed by atoms with Crippen LogP contribution in [-0.2, 0) is 19.0 Å². The lowest BCUT2D eigenvalue weighted by Crippen LogP contribution is -2.33. The minimum Gasteiger partial charge on any atom is -0.455 e. The maximum absolute atomic E-state index is 11.6. The van der Waals surface area contributed by atoms with E-state index in [-0.39, 0.29) is 36.5 Å². The van der Waals surface area contributed by atoms with E-state index in [0.717, 1.165) is 82.6 Å². The topological polar surface area (TPSA) is 126 Å². The summed E-state index contributed by atoms with van der Waals surface area (Å²) < 4.78 is 17.6. The molecule has 0 aromatic carbocycles. The fraction of sp³-hybridized carbons (Fsp3) is 0.919. The third-order valence-electron chi connectivity index (χ3n) is 10.2. The Morgan fingerprint density at radius 3 is 1.62 bits per heavy atom. The fourth-order valence-corrected chi connectivity index (χ4v) is 7.29. The van der Waals surface area contributed by atoms with Gasteiger partial charge in [0.2, 0.25) is 0 Å². The van der Waals surface area contributed by atoms with Crippen molar-refractivity contribution in [2.45, 2.75) is 216 Å². The predicted octanol–water partition coefficient (Wildman–Crippen LogP) is 6.83. The lowest BCUT2D eigenvalue weighted by atomic mass is 9.98. The molecule has 3 aliphatic rings. The first-order valence-corrected chi connectivity index (χ1v) is 18.7. The highest BCUT2D eigenvalue weighted by Crippen LogP contribution is 2.34. The molecule has 4 N–H and O–H groups in total. The molecule has 0 spiro atoms. The van der Waals surface area contributed by atoms with Gasteiger partial charge in [0.05, 0.1) is 48.8 Å². The van der Waals surface area contributed by atoms with Crippen molar-refractivity contribution in [2.75, 3.05) is 0 Å². The van der Waals surface area contributed by atoms with Gasteiger partial charge in [-0.3, -0.25) is 0 Å². The van der Waals surface area contributed by atoms with E-state index in [4.69, 9.17) is 14.2 Å². The maximum Gasteiger partial charge on any atom is 0.334 e. The van der Waals surface area contributed by atoms with Crippen molar-refractivity contribution in [3.05, 3.63) is 11.6 Å². The van der Waals surface area contributed by atoms with Gasteiger partial charge < -0.3 is 34.6 Å². The zero-order chi connectivity index (χ0) is 32.4. The third-order valence-corrected chi connectivity index (χ3v) is 10.2. The van der Waals surface area contributed by atoms with Crippen molar-refractivity contribution in [3.8, 4) is 0 Å². The average Bonchev–Trinajstić information content (AvgIpc) is 3.77. The molecule has 0 aliphatic carbocycles. The Morgan fingerprint density at radius 1 is 0.644 bits per heavy atom. The Hall–Kier alpha value is -1.03. The minimum atomic E-state index is -0.729. The number of carbonyl (C=O) groups excluding carboxylic acids is 1. The van der Waals surface area contributed by atoms with E-state index in [2.05, 4.69) is 6.92 Å². The molecule has 262 valence electrons. The number of carbonyl (C=O) groups is 1. The summed E-state index contributed by atoms with van der Waals surface area (Å²) in [5.74, 6) is -0.129. The highest BCUT2D eigenvalue weighted by atomic mass is 16.6. The number of rotatable bonds is 25. The summed E-state index contributed by atoms with van der Waals surface area (Å²) in [4.78, 5) is 11.6. The van der Waals surface area contributed by atoms with Crippen LogP contribution in [0.2, 0.25) is 0 Å². The number of hydrogen-bond acceptors (Lipinski definition) is 8. The van der Waals surface area contributed by atoms with Gasteiger partial charge in [-0.15, -0.1) is 0 Å². The molecule has 0 radical (unpaired) electrons. The number of esters is 1. The Labute approximate surface area is 273 Å². The summed E-state index contributed by atoms with van der Waals surface area (Å²) in [5, 5.41) is 41.8. The van der Waals surface area contributed by atoms with E-state index in [1.807, 2.05) is 13.0 Å². The van der Waals surface area contributed by atoms with E-state index >= 15 is 0 Å². The molecular weight excluding hydrogens is 572 g/mol. The molecular formula is C37H66O8. The van der Waals surface area contributed by atoms with Gasteiger partial charge in [-0.2, -0.15) is 0 Å². The number of cyclic esters (lactones) is 1. The Bertz CT molecular complexity index is 833. The molecule has 9 atom stereocenters. The normalized spacial score (nSPS) is 27.8. The van der Waals surface area contributed by atoms with Crippen LogP contribution in [0.1, 0.15) is 162 Å². The molecule has 3 aliphatic heterocycles. The summed E-state index contributed by atoms with van der Waals surface area (Å²) in [7, 11) is 0. The number of aliphatic hydroxyl groups is 4. The fourth-order valence-electron chi connectivity index (χ4n) is 7.29. The molecule has 0 saturated carbocycles. The largest absolute Gasteiger partial charge is 0.455 e. The summed E-state index contributed by atoms with van der Waals surface area (Å²) >= 11 is 0. The van der Waals surface area contributed by atoms with Gasteiger partial charge in [0.15, 0.2) is 0 Å². The lowest BCUT2D eigenvalue weighted by Gasteiger charge is -2.24. The van der Waals surface area contributed by atoms with Crippen molar-refractivity contribution < 1.29 is 39.4 Å².